The molecule has 3 rings (SSSR count). The second-order valence-electron chi connectivity index (χ2n) is 5.31. The zero-order valence-corrected chi connectivity index (χ0v) is 12.8. The number of nitrogens with zero attached hydrogens (tertiary/aromatic N) is 3. The highest BCUT2D eigenvalue weighted by Crippen LogP contribution is 2.18. The quantitative estimate of drug-likeness (QED) is 0.806. The Morgan fingerprint density at radius 3 is 2.57 bits per heavy atom. The van der Waals surface area contributed by atoms with E-state index in [4.69, 9.17) is 0 Å². The van der Waals surface area contributed by atoms with Crippen molar-refractivity contribution in [1.29, 1.82) is 0 Å². The fourth-order valence-corrected chi connectivity index (χ4v) is 2.37. The summed E-state index contributed by atoms with van der Waals surface area (Å²) in [6.45, 7) is 0.417. The maximum atomic E-state index is 12.4. The van der Waals surface area contributed by atoms with Gasteiger partial charge < -0.3 is 10.0 Å². The topological polar surface area (TPSA) is 58.4 Å². The first kappa shape index (κ1) is 14.8. The van der Waals surface area contributed by atoms with Crippen LogP contribution in [-0.2, 0) is 6.54 Å². The van der Waals surface area contributed by atoms with Crippen LogP contribution >= 0.6 is 0 Å². The molecule has 5 nitrogen and oxygen atoms in total. The van der Waals surface area contributed by atoms with Gasteiger partial charge in [-0.25, -0.2) is 4.68 Å². The number of para-hydroxylation sites is 2. The molecule has 0 aliphatic rings. The smallest absolute Gasteiger partial charge is 0.257 e. The molecule has 0 bridgehead atoms. The molecule has 3 aromatic rings. The zero-order valence-electron chi connectivity index (χ0n) is 12.8. The van der Waals surface area contributed by atoms with Crippen molar-refractivity contribution in [3.05, 3.63) is 78.1 Å². The molecule has 0 fully saturated rings. The minimum absolute atomic E-state index is 0.00988. The minimum Gasteiger partial charge on any atom is -0.507 e. The molecule has 1 N–H and O–H groups in total. The van der Waals surface area contributed by atoms with Crippen LogP contribution in [0.4, 0.5) is 0 Å². The molecule has 0 spiro atoms. The number of aromatic nitrogens is 2. The number of phenolic OH excluding ortho intramolecular Hbond substituents is 1. The molecule has 0 aliphatic carbocycles. The molecule has 0 atom stereocenters. The van der Waals surface area contributed by atoms with E-state index in [2.05, 4.69) is 5.10 Å². The van der Waals surface area contributed by atoms with Gasteiger partial charge in [-0.15, -0.1) is 0 Å². The summed E-state index contributed by atoms with van der Waals surface area (Å²) in [5, 5.41) is 14.1. The van der Waals surface area contributed by atoms with Gasteiger partial charge in [0.05, 0.1) is 17.4 Å². The Bertz CT molecular complexity index is 812. The molecule has 0 saturated carbocycles. The van der Waals surface area contributed by atoms with E-state index in [1.54, 1.807) is 41.0 Å². The van der Waals surface area contributed by atoms with Crippen molar-refractivity contribution >= 4 is 5.91 Å². The van der Waals surface area contributed by atoms with Gasteiger partial charge in [0.15, 0.2) is 0 Å². The number of phenols is 1. The van der Waals surface area contributed by atoms with Crippen molar-refractivity contribution in [3.63, 3.8) is 0 Å². The Kier molecular flexibility index (Phi) is 4.10. The number of aromatic hydroxyl groups is 1. The first-order chi connectivity index (χ1) is 11.1. The summed E-state index contributed by atoms with van der Waals surface area (Å²) in [5.74, 6) is -0.236. The van der Waals surface area contributed by atoms with Gasteiger partial charge in [-0.05, 0) is 24.3 Å². The van der Waals surface area contributed by atoms with Gasteiger partial charge in [0.25, 0.3) is 5.91 Å². The fraction of sp³-hybridized carbons (Fsp3) is 0.111. The highest BCUT2D eigenvalue weighted by Gasteiger charge is 2.16. The van der Waals surface area contributed by atoms with Crippen LogP contribution in [0.25, 0.3) is 5.69 Å². The predicted octanol–water partition coefficient (Wildman–Crippen LogP) is 2.85. The third kappa shape index (κ3) is 3.23. The molecular weight excluding hydrogens is 290 g/mol. The normalized spacial score (nSPS) is 10.5. The molecule has 0 unspecified atom stereocenters. The first-order valence-corrected chi connectivity index (χ1v) is 7.27. The lowest BCUT2D eigenvalue weighted by molar-refractivity contribution is 0.0782. The Hall–Kier alpha value is -3.08. The van der Waals surface area contributed by atoms with Crippen molar-refractivity contribution in [3.8, 4) is 11.4 Å². The molecule has 1 aromatic heterocycles. The summed E-state index contributed by atoms with van der Waals surface area (Å²) in [7, 11) is 1.70. The second kappa shape index (κ2) is 6.36. The standard InChI is InChI=1S/C18H17N3O2/c1-20(18(23)16-9-5-6-10-17(16)22)12-14-11-19-21(13-14)15-7-3-2-4-8-15/h2-11,13,22H,12H2,1H3. The lowest BCUT2D eigenvalue weighted by Gasteiger charge is -2.16. The summed E-state index contributed by atoms with van der Waals surface area (Å²) in [4.78, 5) is 13.9. The lowest BCUT2D eigenvalue weighted by atomic mass is 10.1. The number of amides is 1. The van der Waals surface area contributed by atoms with Crippen molar-refractivity contribution in [2.75, 3.05) is 7.05 Å². The van der Waals surface area contributed by atoms with Crippen LogP contribution in [-0.4, -0.2) is 32.7 Å². The van der Waals surface area contributed by atoms with Gasteiger partial charge in [-0.2, -0.15) is 5.10 Å². The van der Waals surface area contributed by atoms with Crippen LogP contribution in [0.2, 0.25) is 0 Å². The summed E-state index contributed by atoms with van der Waals surface area (Å²) in [6, 6.07) is 16.3. The molecule has 23 heavy (non-hydrogen) atoms. The van der Waals surface area contributed by atoms with Gasteiger partial charge in [0, 0.05) is 25.4 Å². The van der Waals surface area contributed by atoms with Crippen LogP contribution < -0.4 is 0 Å². The number of carbonyl (C=O) groups is 1. The fourth-order valence-electron chi connectivity index (χ4n) is 2.37. The third-order valence-corrected chi connectivity index (χ3v) is 3.56. The summed E-state index contributed by atoms with van der Waals surface area (Å²) in [5.41, 5.74) is 2.18. The van der Waals surface area contributed by atoms with E-state index in [-0.39, 0.29) is 11.7 Å². The molecule has 5 heteroatoms. The molecule has 0 aliphatic heterocycles. The molecule has 2 aromatic carbocycles. The van der Waals surface area contributed by atoms with Gasteiger partial charge >= 0.3 is 0 Å². The number of benzene rings is 2. The van der Waals surface area contributed by atoms with Gasteiger partial charge in [-0.1, -0.05) is 30.3 Å². The van der Waals surface area contributed by atoms with Crippen LogP contribution in [0, 0.1) is 0 Å². The zero-order chi connectivity index (χ0) is 16.2. The van der Waals surface area contributed by atoms with E-state index >= 15 is 0 Å². The van der Waals surface area contributed by atoms with E-state index in [0.29, 0.717) is 12.1 Å². The third-order valence-electron chi connectivity index (χ3n) is 3.56. The maximum Gasteiger partial charge on any atom is 0.257 e. The SMILES string of the molecule is CN(Cc1cnn(-c2ccccc2)c1)C(=O)c1ccccc1O. The van der Waals surface area contributed by atoms with Crippen molar-refractivity contribution in [2.24, 2.45) is 0 Å². The van der Waals surface area contributed by atoms with Gasteiger partial charge in [0.2, 0.25) is 0 Å². The largest absolute Gasteiger partial charge is 0.507 e. The maximum absolute atomic E-state index is 12.4. The highest BCUT2D eigenvalue weighted by molar-refractivity contribution is 5.96. The second-order valence-corrected chi connectivity index (χ2v) is 5.31. The summed E-state index contributed by atoms with van der Waals surface area (Å²) >= 11 is 0. The Labute approximate surface area is 134 Å². The van der Waals surface area contributed by atoms with Gasteiger partial charge in [-0.3, -0.25) is 4.79 Å². The van der Waals surface area contributed by atoms with E-state index in [1.807, 2.05) is 36.5 Å². The average molecular weight is 307 g/mol. The molecular formula is C18H17N3O2. The van der Waals surface area contributed by atoms with Crippen LogP contribution in [0.5, 0.6) is 5.75 Å². The Morgan fingerprint density at radius 1 is 1.13 bits per heavy atom. The molecule has 1 heterocycles. The summed E-state index contributed by atoms with van der Waals surface area (Å²) in [6.07, 6.45) is 3.63. The van der Waals surface area contributed by atoms with Crippen LogP contribution in [0.1, 0.15) is 15.9 Å². The van der Waals surface area contributed by atoms with E-state index in [0.717, 1.165) is 11.3 Å². The summed E-state index contributed by atoms with van der Waals surface area (Å²) < 4.78 is 1.77. The Balaban J connectivity index is 1.74. The number of rotatable bonds is 4. The van der Waals surface area contributed by atoms with Crippen LogP contribution in [0.15, 0.2) is 67.0 Å². The van der Waals surface area contributed by atoms with E-state index in [1.165, 1.54) is 6.07 Å². The Morgan fingerprint density at radius 2 is 1.83 bits per heavy atom. The van der Waals surface area contributed by atoms with Crippen molar-refractivity contribution in [2.45, 2.75) is 6.54 Å². The van der Waals surface area contributed by atoms with Gasteiger partial charge in [0.1, 0.15) is 5.75 Å². The van der Waals surface area contributed by atoms with Crippen molar-refractivity contribution < 1.29 is 9.90 Å². The molecule has 116 valence electrons. The number of hydrogen-bond acceptors (Lipinski definition) is 3. The molecule has 0 saturated heterocycles. The van der Waals surface area contributed by atoms with E-state index in [9.17, 15) is 9.90 Å². The monoisotopic (exact) mass is 307 g/mol. The molecule has 0 radical (unpaired) electrons. The molecule has 1 amide bonds. The predicted molar refractivity (Wildman–Crippen MR) is 87.5 cm³/mol. The van der Waals surface area contributed by atoms with Crippen LogP contribution in [0.3, 0.4) is 0 Å². The van der Waals surface area contributed by atoms with Crippen molar-refractivity contribution in [1.82, 2.24) is 14.7 Å². The lowest BCUT2D eigenvalue weighted by Crippen LogP contribution is -2.26. The minimum atomic E-state index is -0.226. The van der Waals surface area contributed by atoms with E-state index < -0.39 is 0 Å². The highest BCUT2D eigenvalue weighted by atomic mass is 16.3. The number of hydrogen-bond donors (Lipinski definition) is 1. The average Bonchev–Trinajstić information content (AvgIpc) is 3.04. The number of carbonyl (C=O) groups excluding carboxylic acids is 1. The first-order valence-electron chi connectivity index (χ1n) is 7.27.